The van der Waals surface area contributed by atoms with E-state index in [-0.39, 0.29) is 42.3 Å². The molecule has 3 aliphatic heterocycles. The van der Waals surface area contributed by atoms with Crippen molar-refractivity contribution < 1.29 is 27.6 Å². The van der Waals surface area contributed by atoms with Crippen molar-refractivity contribution in [1.82, 2.24) is 15.5 Å². The van der Waals surface area contributed by atoms with Crippen LogP contribution in [0, 0.1) is 11.7 Å². The van der Waals surface area contributed by atoms with Crippen LogP contribution in [0.4, 0.5) is 24.5 Å². The van der Waals surface area contributed by atoms with Crippen LogP contribution in [0.5, 0.6) is 0 Å². The predicted molar refractivity (Wildman–Crippen MR) is 141 cm³/mol. The van der Waals surface area contributed by atoms with Gasteiger partial charge in [-0.15, -0.1) is 0 Å². The molecule has 2 atom stereocenters. The standard InChI is InChI=1S/C28H38F3N5O3/c29-21-16-20(32-22-7-9-25(37)34-27(22)39)6-8-23(21)36-15-12-24(28(30,31)17-36)35-13-10-19(11-14-35)33-26(38)18-4-2-1-3-5-18/h6,8,16,18-19,22,24,32H,1-5,7,9-15,17H2,(H,33,38)(H,34,37,39). The van der Waals surface area contributed by atoms with Crippen LogP contribution in [-0.4, -0.2) is 72.8 Å². The Kier molecular flexibility index (Phi) is 8.35. The summed E-state index contributed by atoms with van der Waals surface area (Å²) in [6, 6.07) is 2.69. The number of piperidine rings is 3. The first-order valence-corrected chi connectivity index (χ1v) is 14.3. The minimum atomic E-state index is -3.02. The fraction of sp³-hybridized carbons (Fsp3) is 0.679. The van der Waals surface area contributed by atoms with E-state index in [4.69, 9.17) is 0 Å². The molecule has 3 heterocycles. The molecule has 0 radical (unpaired) electrons. The zero-order valence-electron chi connectivity index (χ0n) is 22.2. The summed E-state index contributed by atoms with van der Waals surface area (Å²) in [7, 11) is 0. The van der Waals surface area contributed by atoms with Gasteiger partial charge in [0.25, 0.3) is 5.92 Å². The van der Waals surface area contributed by atoms with E-state index in [1.165, 1.54) is 23.5 Å². The second-order valence-corrected chi connectivity index (χ2v) is 11.5. The smallest absolute Gasteiger partial charge is 0.280 e. The van der Waals surface area contributed by atoms with Crippen molar-refractivity contribution >= 4 is 29.1 Å². The molecule has 214 valence electrons. The topological polar surface area (TPSA) is 93.8 Å². The molecule has 2 unspecified atom stereocenters. The lowest BCUT2D eigenvalue weighted by molar-refractivity contribution is -0.133. The molecule has 39 heavy (non-hydrogen) atoms. The van der Waals surface area contributed by atoms with E-state index in [1.807, 2.05) is 4.90 Å². The summed E-state index contributed by atoms with van der Waals surface area (Å²) in [6.07, 6.45) is 7.28. The van der Waals surface area contributed by atoms with Crippen molar-refractivity contribution in [2.24, 2.45) is 5.92 Å². The van der Waals surface area contributed by atoms with E-state index in [9.17, 15) is 14.4 Å². The first-order valence-electron chi connectivity index (χ1n) is 14.3. The van der Waals surface area contributed by atoms with Crippen LogP contribution in [0.25, 0.3) is 0 Å². The van der Waals surface area contributed by atoms with Gasteiger partial charge in [-0.25, -0.2) is 13.2 Å². The minimum absolute atomic E-state index is 0.0331. The number of alkyl halides is 2. The molecule has 8 nitrogen and oxygen atoms in total. The van der Waals surface area contributed by atoms with E-state index in [0.29, 0.717) is 44.6 Å². The van der Waals surface area contributed by atoms with E-state index in [1.54, 1.807) is 6.07 Å². The van der Waals surface area contributed by atoms with Gasteiger partial charge in [-0.05, 0) is 56.7 Å². The van der Waals surface area contributed by atoms with Gasteiger partial charge in [-0.2, -0.15) is 0 Å². The van der Waals surface area contributed by atoms with E-state index < -0.39 is 36.3 Å². The Morgan fingerprint density at radius 3 is 2.38 bits per heavy atom. The molecule has 3 N–H and O–H groups in total. The summed E-state index contributed by atoms with van der Waals surface area (Å²) in [4.78, 5) is 39.1. The quantitative estimate of drug-likeness (QED) is 0.471. The molecule has 4 fully saturated rings. The molecular formula is C28H38F3N5O3. The van der Waals surface area contributed by atoms with Gasteiger partial charge in [0.15, 0.2) is 0 Å². The Bertz CT molecular complexity index is 1070. The summed E-state index contributed by atoms with van der Waals surface area (Å²) in [6.45, 7) is 0.734. The fourth-order valence-electron chi connectivity index (χ4n) is 6.51. The number of nitrogens with zero attached hydrogens (tertiary/aromatic N) is 2. The lowest BCUT2D eigenvalue weighted by Gasteiger charge is -2.46. The maximum absolute atomic E-state index is 15.4. The molecule has 1 aliphatic carbocycles. The highest BCUT2D eigenvalue weighted by Crippen LogP contribution is 2.36. The number of benzene rings is 1. The first kappa shape index (κ1) is 27.7. The van der Waals surface area contributed by atoms with Crippen LogP contribution < -0.4 is 20.9 Å². The second kappa shape index (κ2) is 11.7. The minimum Gasteiger partial charge on any atom is -0.374 e. The predicted octanol–water partition coefficient (Wildman–Crippen LogP) is 3.42. The molecule has 1 aromatic rings. The van der Waals surface area contributed by atoms with Crippen LogP contribution in [-0.2, 0) is 14.4 Å². The Labute approximate surface area is 227 Å². The molecule has 1 aromatic carbocycles. The first-order chi connectivity index (χ1) is 18.7. The molecule has 3 saturated heterocycles. The molecular weight excluding hydrogens is 511 g/mol. The normalized spacial score (nSPS) is 27.2. The summed E-state index contributed by atoms with van der Waals surface area (Å²) in [5.41, 5.74) is 0.455. The third kappa shape index (κ3) is 6.50. The van der Waals surface area contributed by atoms with Gasteiger partial charge in [0.05, 0.1) is 18.3 Å². The zero-order chi connectivity index (χ0) is 27.6. The number of halogens is 3. The summed E-state index contributed by atoms with van der Waals surface area (Å²) in [5, 5.41) is 8.32. The number of likely N-dealkylation sites (tertiary alicyclic amines) is 1. The lowest BCUT2D eigenvalue weighted by Crippen LogP contribution is -2.61. The number of imide groups is 1. The number of amides is 3. The van der Waals surface area contributed by atoms with Crippen molar-refractivity contribution in [2.75, 3.05) is 36.4 Å². The Hall–Kier alpha value is -2.82. The lowest BCUT2D eigenvalue weighted by atomic mass is 9.88. The Morgan fingerprint density at radius 2 is 1.72 bits per heavy atom. The van der Waals surface area contributed by atoms with Gasteiger partial charge in [0, 0.05) is 43.7 Å². The van der Waals surface area contributed by atoms with Gasteiger partial charge in [0.2, 0.25) is 17.7 Å². The van der Waals surface area contributed by atoms with E-state index in [0.717, 1.165) is 25.7 Å². The Morgan fingerprint density at radius 1 is 0.974 bits per heavy atom. The largest absolute Gasteiger partial charge is 0.374 e. The number of carbonyl (C=O) groups is 3. The number of carbonyl (C=O) groups excluding carboxylic acids is 3. The highest BCUT2D eigenvalue weighted by atomic mass is 19.3. The number of anilines is 2. The molecule has 0 spiro atoms. The molecule has 11 heteroatoms. The van der Waals surface area contributed by atoms with Crippen molar-refractivity contribution in [3.63, 3.8) is 0 Å². The monoisotopic (exact) mass is 549 g/mol. The van der Waals surface area contributed by atoms with Crippen molar-refractivity contribution in [3.8, 4) is 0 Å². The number of rotatable bonds is 6. The number of hydrogen-bond donors (Lipinski definition) is 3. The molecule has 0 bridgehead atoms. The summed E-state index contributed by atoms with van der Waals surface area (Å²) in [5.74, 6) is -4.26. The summed E-state index contributed by atoms with van der Waals surface area (Å²) < 4.78 is 45.8. The SMILES string of the molecule is O=C1CCC(Nc2ccc(N3CCC(N4CCC(NC(=O)C5CCCCC5)CC4)C(F)(F)C3)c(F)c2)C(=O)N1. The maximum atomic E-state index is 15.4. The third-order valence-electron chi connectivity index (χ3n) is 8.72. The van der Waals surface area contributed by atoms with Gasteiger partial charge in [-0.3, -0.25) is 24.6 Å². The summed E-state index contributed by atoms with van der Waals surface area (Å²) >= 11 is 0. The van der Waals surface area contributed by atoms with Crippen LogP contribution in [0.2, 0.25) is 0 Å². The van der Waals surface area contributed by atoms with Crippen molar-refractivity contribution in [2.45, 2.75) is 88.3 Å². The molecule has 0 aromatic heterocycles. The number of nitrogens with one attached hydrogen (secondary N) is 3. The second-order valence-electron chi connectivity index (χ2n) is 11.5. The van der Waals surface area contributed by atoms with Gasteiger partial charge < -0.3 is 15.5 Å². The highest BCUT2D eigenvalue weighted by Gasteiger charge is 2.48. The van der Waals surface area contributed by atoms with Crippen LogP contribution >= 0.6 is 0 Å². The average molecular weight is 550 g/mol. The van der Waals surface area contributed by atoms with Crippen LogP contribution in [0.1, 0.15) is 64.2 Å². The molecule has 4 aliphatic rings. The zero-order valence-corrected chi connectivity index (χ0v) is 22.2. The average Bonchev–Trinajstić information content (AvgIpc) is 2.91. The van der Waals surface area contributed by atoms with Crippen molar-refractivity contribution in [3.05, 3.63) is 24.0 Å². The molecule has 1 saturated carbocycles. The Balaban J connectivity index is 1.13. The van der Waals surface area contributed by atoms with E-state index in [2.05, 4.69) is 16.0 Å². The number of hydrogen-bond acceptors (Lipinski definition) is 6. The van der Waals surface area contributed by atoms with Gasteiger partial charge in [0.1, 0.15) is 11.9 Å². The van der Waals surface area contributed by atoms with Crippen molar-refractivity contribution in [1.29, 1.82) is 0 Å². The van der Waals surface area contributed by atoms with Crippen LogP contribution in [0.15, 0.2) is 18.2 Å². The maximum Gasteiger partial charge on any atom is 0.280 e. The third-order valence-corrected chi connectivity index (χ3v) is 8.72. The fourth-order valence-corrected chi connectivity index (χ4v) is 6.51. The van der Waals surface area contributed by atoms with Crippen LogP contribution in [0.3, 0.4) is 0 Å². The highest BCUT2D eigenvalue weighted by molar-refractivity contribution is 6.01. The van der Waals surface area contributed by atoms with E-state index >= 15 is 13.2 Å². The van der Waals surface area contributed by atoms with Gasteiger partial charge in [-0.1, -0.05) is 19.3 Å². The van der Waals surface area contributed by atoms with Gasteiger partial charge >= 0.3 is 0 Å². The molecule has 3 amide bonds. The molecule has 5 rings (SSSR count).